The molecule has 0 saturated heterocycles. The molecular weight excluding hydrogens is 282 g/mol. The number of hydrogen-bond acceptors (Lipinski definition) is 4. The van der Waals surface area contributed by atoms with Crippen LogP contribution < -0.4 is 10.6 Å². The SMILES string of the molecule is CCc1nc2n(n1)CCCC2NC(=O)NC1CCCCC1O. The molecule has 122 valence electrons. The van der Waals surface area contributed by atoms with Gasteiger partial charge >= 0.3 is 6.03 Å². The molecule has 1 fully saturated rings. The Bertz CT molecular complexity index is 530. The lowest BCUT2D eigenvalue weighted by Gasteiger charge is -2.30. The van der Waals surface area contributed by atoms with Gasteiger partial charge in [0.2, 0.25) is 0 Å². The Morgan fingerprint density at radius 3 is 2.86 bits per heavy atom. The molecule has 0 spiro atoms. The number of amides is 2. The van der Waals surface area contributed by atoms with Crippen LogP contribution in [0.2, 0.25) is 0 Å². The molecule has 2 heterocycles. The fourth-order valence-corrected chi connectivity index (χ4v) is 3.33. The third-order valence-electron chi connectivity index (χ3n) is 4.59. The minimum absolute atomic E-state index is 0.0951. The number of aryl methyl sites for hydroxylation is 2. The highest BCUT2D eigenvalue weighted by Crippen LogP contribution is 2.23. The Morgan fingerprint density at radius 2 is 2.09 bits per heavy atom. The van der Waals surface area contributed by atoms with Crippen LogP contribution >= 0.6 is 0 Å². The predicted octanol–water partition coefficient (Wildman–Crippen LogP) is 1.28. The average molecular weight is 307 g/mol. The van der Waals surface area contributed by atoms with E-state index in [2.05, 4.69) is 20.7 Å². The van der Waals surface area contributed by atoms with Gasteiger partial charge in [0, 0.05) is 13.0 Å². The molecule has 22 heavy (non-hydrogen) atoms. The van der Waals surface area contributed by atoms with Crippen LogP contribution in [0.25, 0.3) is 0 Å². The number of rotatable bonds is 3. The van der Waals surface area contributed by atoms with Crippen LogP contribution in [-0.4, -0.2) is 38.0 Å². The summed E-state index contributed by atoms with van der Waals surface area (Å²) in [5.74, 6) is 1.68. The second kappa shape index (κ2) is 6.64. The van der Waals surface area contributed by atoms with Gasteiger partial charge in [-0.1, -0.05) is 19.8 Å². The van der Waals surface area contributed by atoms with Gasteiger partial charge in [0.1, 0.15) is 5.82 Å². The lowest BCUT2D eigenvalue weighted by Crippen LogP contribution is -2.50. The second-order valence-electron chi connectivity index (χ2n) is 6.23. The molecule has 7 nitrogen and oxygen atoms in total. The fraction of sp³-hybridized carbons (Fsp3) is 0.800. The summed E-state index contributed by atoms with van der Waals surface area (Å²) >= 11 is 0. The van der Waals surface area contributed by atoms with Gasteiger partial charge in [0.05, 0.1) is 18.2 Å². The van der Waals surface area contributed by atoms with Crippen molar-refractivity contribution in [2.24, 2.45) is 0 Å². The number of fused-ring (bicyclic) bond motifs is 1. The highest BCUT2D eigenvalue weighted by atomic mass is 16.3. The highest BCUT2D eigenvalue weighted by Gasteiger charge is 2.28. The van der Waals surface area contributed by atoms with Crippen molar-refractivity contribution < 1.29 is 9.90 Å². The molecule has 0 aromatic carbocycles. The first kappa shape index (κ1) is 15.3. The van der Waals surface area contributed by atoms with E-state index >= 15 is 0 Å². The number of aliphatic hydroxyl groups excluding tert-OH is 1. The summed E-state index contributed by atoms with van der Waals surface area (Å²) < 4.78 is 1.91. The van der Waals surface area contributed by atoms with E-state index in [-0.39, 0.29) is 18.1 Å². The second-order valence-corrected chi connectivity index (χ2v) is 6.23. The molecule has 7 heteroatoms. The quantitative estimate of drug-likeness (QED) is 0.784. The summed E-state index contributed by atoms with van der Waals surface area (Å²) in [4.78, 5) is 16.7. The maximum absolute atomic E-state index is 12.2. The number of nitrogens with zero attached hydrogens (tertiary/aromatic N) is 3. The molecule has 1 aromatic rings. The largest absolute Gasteiger partial charge is 0.391 e. The zero-order valence-electron chi connectivity index (χ0n) is 13.1. The van der Waals surface area contributed by atoms with E-state index in [0.29, 0.717) is 0 Å². The van der Waals surface area contributed by atoms with Crippen LogP contribution in [0.1, 0.15) is 63.1 Å². The van der Waals surface area contributed by atoms with Crippen LogP contribution in [0.4, 0.5) is 4.79 Å². The third-order valence-corrected chi connectivity index (χ3v) is 4.59. The van der Waals surface area contributed by atoms with Crippen molar-refractivity contribution in [2.75, 3.05) is 0 Å². The van der Waals surface area contributed by atoms with Gasteiger partial charge in [0.15, 0.2) is 5.82 Å². The molecule has 2 aliphatic rings. The first-order chi connectivity index (χ1) is 10.7. The van der Waals surface area contributed by atoms with Gasteiger partial charge < -0.3 is 15.7 Å². The number of hydrogen-bond donors (Lipinski definition) is 3. The molecular formula is C15H25N5O2. The average Bonchev–Trinajstić information content (AvgIpc) is 2.94. The van der Waals surface area contributed by atoms with E-state index in [4.69, 9.17) is 0 Å². The third kappa shape index (κ3) is 3.24. The molecule has 1 aliphatic heterocycles. The van der Waals surface area contributed by atoms with Gasteiger partial charge in [-0.25, -0.2) is 14.5 Å². The van der Waals surface area contributed by atoms with E-state index in [1.807, 2.05) is 11.6 Å². The van der Waals surface area contributed by atoms with E-state index < -0.39 is 6.10 Å². The first-order valence-electron chi connectivity index (χ1n) is 8.36. The molecule has 1 aliphatic carbocycles. The monoisotopic (exact) mass is 307 g/mol. The summed E-state index contributed by atoms with van der Waals surface area (Å²) in [6, 6.07) is -0.450. The number of carbonyl (C=O) groups is 1. The standard InChI is InChI=1S/C15H25N5O2/c1-2-13-18-14-11(7-5-9-20(14)19-13)17-15(22)16-10-6-3-4-8-12(10)21/h10-12,21H,2-9H2,1H3,(H2,16,17,22). The minimum Gasteiger partial charge on any atom is -0.391 e. The zero-order valence-corrected chi connectivity index (χ0v) is 13.1. The minimum atomic E-state index is -0.429. The van der Waals surface area contributed by atoms with Crippen molar-refractivity contribution in [1.29, 1.82) is 0 Å². The Kier molecular flexibility index (Phi) is 4.61. The normalized spacial score (nSPS) is 28.0. The topological polar surface area (TPSA) is 92.1 Å². The molecule has 3 atom stereocenters. The Balaban J connectivity index is 1.61. The van der Waals surface area contributed by atoms with Crippen LogP contribution in [0.15, 0.2) is 0 Å². The molecule has 0 bridgehead atoms. The van der Waals surface area contributed by atoms with Crippen LogP contribution in [-0.2, 0) is 13.0 Å². The Hall–Kier alpha value is -1.63. The maximum Gasteiger partial charge on any atom is 0.315 e. The lowest BCUT2D eigenvalue weighted by atomic mass is 9.93. The lowest BCUT2D eigenvalue weighted by molar-refractivity contribution is 0.0938. The summed E-state index contributed by atoms with van der Waals surface area (Å²) in [6.07, 6.45) is 5.93. The van der Waals surface area contributed by atoms with Gasteiger partial charge in [-0.2, -0.15) is 5.10 Å². The molecule has 3 N–H and O–H groups in total. The smallest absolute Gasteiger partial charge is 0.315 e. The number of nitrogens with one attached hydrogen (secondary N) is 2. The van der Waals surface area contributed by atoms with E-state index in [0.717, 1.165) is 63.1 Å². The number of carbonyl (C=O) groups excluding carboxylic acids is 1. The van der Waals surface area contributed by atoms with Crippen LogP contribution in [0.5, 0.6) is 0 Å². The van der Waals surface area contributed by atoms with Gasteiger partial charge in [0.25, 0.3) is 0 Å². The molecule has 2 amide bonds. The fourth-order valence-electron chi connectivity index (χ4n) is 3.33. The van der Waals surface area contributed by atoms with Crippen molar-refractivity contribution in [3.63, 3.8) is 0 Å². The van der Waals surface area contributed by atoms with E-state index in [1.165, 1.54) is 0 Å². The molecule has 1 aromatic heterocycles. The van der Waals surface area contributed by atoms with Crippen LogP contribution in [0, 0.1) is 0 Å². The van der Waals surface area contributed by atoms with Crippen molar-refractivity contribution in [3.05, 3.63) is 11.6 Å². The number of aliphatic hydroxyl groups is 1. The zero-order chi connectivity index (χ0) is 15.5. The van der Waals surface area contributed by atoms with E-state index in [9.17, 15) is 9.90 Å². The van der Waals surface area contributed by atoms with Crippen LogP contribution in [0.3, 0.4) is 0 Å². The van der Waals surface area contributed by atoms with Crippen molar-refractivity contribution in [3.8, 4) is 0 Å². The first-order valence-corrected chi connectivity index (χ1v) is 8.36. The van der Waals surface area contributed by atoms with Gasteiger partial charge in [-0.05, 0) is 25.7 Å². The molecule has 0 radical (unpaired) electrons. The number of aromatic nitrogens is 3. The predicted molar refractivity (Wildman–Crippen MR) is 81.3 cm³/mol. The van der Waals surface area contributed by atoms with Gasteiger partial charge in [-0.15, -0.1) is 0 Å². The Labute approximate surface area is 130 Å². The maximum atomic E-state index is 12.2. The van der Waals surface area contributed by atoms with E-state index in [1.54, 1.807) is 0 Å². The summed E-state index contributed by atoms with van der Waals surface area (Å²) in [5.41, 5.74) is 0. The number of urea groups is 1. The molecule has 3 rings (SSSR count). The van der Waals surface area contributed by atoms with Crippen molar-refractivity contribution in [1.82, 2.24) is 25.4 Å². The summed E-state index contributed by atoms with van der Waals surface area (Å²) in [6.45, 7) is 2.89. The van der Waals surface area contributed by atoms with Crippen molar-refractivity contribution >= 4 is 6.03 Å². The molecule has 1 saturated carbocycles. The Morgan fingerprint density at radius 1 is 1.27 bits per heavy atom. The summed E-state index contributed by atoms with van der Waals surface area (Å²) in [5, 5.41) is 20.3. The highest BCUT2D eigenvalue weighted by molar-refractivity contribution is 5.74. The van der Waals surface area contributed by atoms with Gasteiger partial charge in [-0.3, -0.25) is 0 Å². The van der Waals surface area contributed by atoms with Crippen molar-refractivity contribution in [2.45, 2.75) is 76.6 Å². The summed E-state index contributed by atoms with van der Waals surface area (Å²) in [7, 11) is 0. The molecule has 3 unspecified atom stereocenters.